The SMILES string of the molecule is C[C@@H](NCc1cc(Br)c(Cl)s1)c1cccc(Br)c1. The Bertz CT molecular complexity index is 522. The van der Waals surface area contributed by atoms with Gasteiger partial charge in [0.15, 0.2) is 0 Å². The van der Waals surface area contributed by atoms with Gasteiger partial charge in [0.2, 0.25) is 0 Å². The highest BCUT2D eigenvalue weighted by molar-refractivity contribution is 9.10. The summed E-state index contributed by atoms with van der Waals surface area (Å²) in [5.74, 6) is 0. The highest BCUT2D eigenvalue weighted by atomic mass is 79.9. The summed E-state index contributed by atoms with van der Waals surface area (Å²) < 4.78 is 2.89. The number of hydrogen-bond acceptors (Lipinski definition) is 2. The van der Waals surface area contributed by atoms with Crippen molar-refractivity contribution >= 4 is 54.8 Å². The Kier molecular flexibility index (Phi) is 5.27. The molecule has 0 aliphatic carbocycles. The first kappa shape index (κ1) is 14.5. The van der Waals surface area contributed by atoms with Crippen LogP contribution in [0.15, 0.2) is 39.3 Å². The Morgan fingerprint density at radius 3 is 2.72 bits per heavy atom. The van der Waals surface area contributed by atoms with Crippen LogP contribution in [0.4, 0.5) is 0 Å². The average molecular weight is 410 g/mol. The van der Waals surface area contributed by atoms with Crippen LogP contribution in [0.25, 0.3) is 0 Å². The first-order chi connectivity index (χ1) is 8.56. The van der Waals surface area contributed by atoms with E-state index in [1.54, 1.807) is 11.3 Å². The standard InChI is InChI=1S/C13H12Br2ClNS/c1-8(9-3-2-4-10(14)5-9)17-7-11-6-12(15)13(16)18-11/h2-6,8,17H,7H2,1H3/t8-/m1/s1. The molecule has 0 saturated heterocycles. The molecule has 1 nitrogen and oxygen atoms in total. The molecule has 1 heterocycles. The number of nitrogens with one attached hydrogen (secondary N) is 1. The first-order valence-corrected chi connectivity index (χ1v) is 8.27. The molecule has 0 spiro atoms. The van der Waals surface area contributed by atoms with E-state index in [2.05, 4.69) is 68.4 Å². The number of halogens is 3. The molecule has 5 heteroatoms. The average Bonchev–Trinajstić information content (AvgIpc) is 2.66. The van der Waals surface area contributed by atoms with Crippen molar-refractivity contribution in [1.29, 1.82) is 0 Å². The molecule has 0 bridgehead atoms. The normalized spacial score (nSPS) is 12.7. The zero-order chi connectivity index (χ0) is 13.1. The van der Waals surface area contributed by atoms with Crippen molar-refractivity contribution in [2.45, 2.75) is 19.5 Å². The van der Waals surface area contributed by atoms with Crippen molar-refractivity contribution in [2.75, 3.05) is 0 Å². The third kappa shape index (κ3) is 3.81. The van der Waals surface area contributed by atoms with Gasteiger partial charge in [-0.1, -0.05) is 39.7 Å². The molecule has 0 radical (unpaired) electrons. The summed E-state index contributed by atoms with van der Waals surface area (Å²) in [6.45, 7) is 2.98. The van der Waals surface area contributed by atoms with E-state index < -0.39 is 0 Å². The second kappa shape index (κ2) is 6.53. The molecule has 1 aromatic carbocycles. The summed E-state index contributed by atoms with van der Waals surface area (Å²) in [7, 11) is 0. The van der Waals surface area contributed by atoms with E-state index in [4.69, 9.17) is 11.6 Å². The van der Waals surface area contributed by atoms with Crippen LogP contribution in [-0.4, -0.2) is 0 Å². The quantitative estimate of drug-likeness (QED) is 0.675. The number of hydrogen-bond donors (Lipinski definition) is 1. The van der Waals surface area contributed by atoms with Gasteiger partial charge in [0.1, 0.15) is 4.34 Å². The maximum absolute atomic E-state index is 6.02. The summed E-state index contributed by atoms with van der Waals surface area (Å²) in [5, 5.41) is 3.49. The summed E-state index contributed by atoms with van der Waals surface area (Å²) in [4.78, 5) is 1.23. The molecule has 0 unspecified atom stereocenters. The van der Waals surface area contributed by atoms with Crippen LogP contribution in [0.2, 0.25) is 4.34 Å². The van der Waals surface area contributed by atoms with Crippen molar-refractivity contribution in [3.63, 3.8) is 0 Å². The summed E-state index contributed by atoms with van der Waals surface area (Å²) >= 11 is 14.5. The topological polar surface area (TPSA) is 12.0 Å². The highest BCUT2D eigenvalue weighted by Crippen LogP contribution is 2.32. The lowest BCUT2D eigenvalue weighted by Crippen LogP contribution is -2.17. The molecule has 2 aromatic rings. The van der Waals surface area contributed by atoms with Gasteiger partial charge in [-0.15, -0.1) is 11.3 Å². The van der Waals surface area contributed by atoms with Crippen molar-refractivity contribution in [3.8, 4) is 0 Å². The largest absolute Gasteiger partial charge is 0.305 e. The zero-order valence-electron chi connectivity index (χ0n) is 9.71. The lowest BCUT2D eigenvalue weighted by Gasteiger charge is -2.13. The van der Waals surface area contributed by atoms with Gasteiger partial charge in [0.25, 0.3) is 0 Å². The molecule has 1 N–H and O–H groups in total. The summed E-state index contributed by atoms with van der Waals surface area (Å²) in [6.07, 6.45) is 0. The van der Waals surface area contributed by atoms with E-state index in [0.717, 1.165) is 19.8 Å². The minimum atomic E-state index is 0.308. The minimum Gasteiger partial charge on any atom is -0.305 e. The van der Waals surface area contributed by atoms with E-state index in [1.165, 1.54) is 10.4 Å². The fraction of sp³-hybridized carbons (Fsp3) is 0.231. The van der Waals surface area contributed by atoms with Crippen molar-refractivity contribution < 1.29 is 0 Å². The molecular formula is C13H12Br2ClNS. The third-order valence-corrected chi connectivity index (χ3v) is 5.60. The Morgan fingerprint density at radius 2 is 2.11 bits per heavy atom. The maximum Gasteiger partial charge on any atom is 0.107 e. The van der Waals surface area contributed by atoms with Gasteiger partial charge >= 0.3 is 0 Å². The fourth-order valence-corrected chi connectivity index (χ4v) is 3.78. The van der Waals surface area contributed by atoms with Crippen molar-refractivity contribution in [2.24, 2.45) is 0 Å². The van der Waals surface area contributed by atoms with Crippen molar-refractivity contribution in [1.82, 2.24) is 5.32 Å². The lowest BCUT2D eigenvalue weighted by molar-refractivity contribution is 0.578. The zero-order valence-corrected chi connectivity index (χ0v) is 14.5. The molecule has 2 rings (SSSR count). The van der Waals surface area contributed by atoms with Crippen LogP contribution in [0, 0.1) is 0 Å². The van der Waals surface area contributed by atoms with Crippen LogP contribution >= 0.6 is 54.8 Å². The Hall–Kier alpha value is 0.130. The van der Waals surface area contributed by atoms with Gasteiger partial charge in [-0.2, -0.15) is 0 Å². The molecule has 1 aromatic heterocycles. The van der Waals surface area contributed by atoms with E-state index in [9.17, 15) is 0 Å². The van der Waals surface area contributed by atoms with Crippen LogP contribution in [0.1, 0.15) is 23.4 Å². The summed E-state index contributed by atoms with van der Waals surface area (Å²) in [5.41, 5.74) is 1.27. The Labute approximate surface area is 133 Å². The monoisotopic (exact) mass is 407 g/mol. The second-order valence-corrected chi connectivity index (χ2v) is 7.50. The molecule has 0 aliphatic rings. The molecule has 0 fully saturated rings. The smallest absolute Gasteiger partial charge is 0.107 e. The van der Waals surface area contributed by atoms with Gasteiger partial charge in [0.05, 0.1) is 0 Å². The minimum absolute atomic E-state index is 0.308. The molecule has 1 atom stereocenters. The van der Waals surface area contributed by atoms with Crippen LogP contribution in [0.3, 0.4) is 0 Å². The second-order valence-electron chi connectivity index (χ2n) is 3.99. The van der Waals surface area contributed by atoms with Gasteiger partial charge < -0.3 is 5.32 Å². The molecule has 18 heavy (non-hydrogen) atoms. The van der Waals surface area contributed by atoms with Crippen LogP contribution < -0.4 is 5.32 Å². The fourth-order valence-electron chi connectivity index (χ4n) is 1.63. The van der Waals surface area contributed by atoms with Crippen molar-refractivity contribution in [3.05, 3.63) is 54.1 Å². The Morgan fingerprint density at radius 1 is 1.33 bits per heavy atom. The molecule has 0 amide bonds. The molecule has 96 valence electrons. The van der Waals surface area contributed by atoms with E-state index in [1.807, 2.05) is 6.07 Å². The molecule has 0 saturated carbocycles. The van der Waals surface area contributed by atoms with Gasteiger partial charge in [-0.3, -0.25) is 0 Å². The number of rotatable bonds is 4. The van der Waals surface area contributed by atoms with Crippen LogP contribution in [0.5, 0.6) is 0 Å². The number of thiophene rings is 1. The van der Waals surface area contributed by atoms with E-state index in [-0.39, 0.29) is 0 Å². The maximum atomic E-state index is 6.02. The Balaban J connectivity index is 1.98. The number of benzene rings is 1. The molecule has 0 aliphatic heterocycles. The van der Waals surface area contributed by atoms with Gasteiger partial charge in [-0.05, 0) is 46.6 Å². The summed E-state index contributed by atoms with van der Waals surface area (Å²) in [6, 6.07) is 10.7. The predicted octanol–water partition coefficient (Wildman–Crippen LogP) is 5.78. The third-order valence-electron chi connectivity index (χ3n) is 2.63. The predicted molar refractivity (Wildman–Crippen MR) is 86.4 cm³/mol. The van der Waals surface area contributed by atoms with Crippen LogP contribution in [-0.2, 0) is 6.54 Å². The lowest BCUT2D eigenvalue weighted by atomic mass is 10.1. The van der Waals surface area contributed by atoms with Gasteiger partial charge in [0, 0.05) is 26.4 Å². The first-order valence-electron chi connectivity index (χ1n) is 5.49. The highest BCUT2D eigenvalue weighted by Gasteiger charge is 2.08. The van der Waals surface area contributed by atoms with E-state index >= 15 is 0 Å². The molecular weight excluding hydrogens is 397 g/mol. The van der Waals surface area contributed by atoms with Gasteiger partial charge in [-0.25, -0.2) is 0 Å². The van der Waals surface area contributed by atoms with E-state index in [0.29, 0.717) is 6.04 Å².